The van der Waals surface area contributed by atoms with Crippen molar-refractivity contribution in [1.82, 2.24) is 20.2 Å². The van der Waals surface area contributed by atoms with Crippen LogP contribution in [0.15, 0.2) is 35.3 Å². The normalized spacial score (nSPS) is 11.3. The number of aryl methyl sites for hydroxylation is 1. The zero-order valence-corrected chi connectivity index (χ0v) is 11.9. The van der Waals surface area contributed by atoms with Crippen molar-refractivity contribution in [2.75, 3.05) is 5.32 Å². The summed E-state index contributed by atoms with van der Waals surface area (Å²) < 4.78 is 1.10. The van der Waals surface area contributed by atoms with Crippen molar-refractivity contribution in [2.45, 2.75) is 6.92 Å². The monoisotopic (exact) mass is 297 g/mol. The number of aromatic amines is 2. The van der Waals surface area contributed by atoms with Crippen LogP contribution in [-0.4, -0.2) is 20.2 Å². The highest BCUT2D eigenvalue weighted by molar-refractivity contribution is 7.18. The van der Waals surface area contributed by atoms with Gasteiger partial charge in [0.15, 0.2) is 5.82 Å². The van der Waals surface area contributed by atoms with E-state index in [1.807, 2.05) is 25.1 Å². The lowest BCUT2D eigenvalue weighted by molar-refractivity contribution is 1.12. The molecule has 3 N–H and O–H groups in total. The Morgan fingerprint density at radius 1 is 1.29 bits per heavy atom. The third kappa shape index (κ3) is 1.98. The number of aromatic nitrogens is 4. The number of hydrogen-bond acceptors (Lipinski definition) is 5. The molecule has 1 aromatic carbocycles. The second-order valence-electron chi connectivity index (χ2n) is 4.71. The van der Waals surface area contributed by atoms with Crippen LogP contribution in [0.4, 0.5) is 11.5 Å². The molecule has 4 aromatic rings. The number of thiazole rings is 1. The van der Waals surface area contributed by atoms with E-state index in [9.17, 15) is 4.79 Å². The minimum Gasteiger partial charge on any atom is -0.338 e. The summed E-state index contributed by atoms with van der Waals surface area (Å²) in [5.41, 5.74) is 2.39. The van der Waals surface area contributed by atoms with Gasteiger partial charge >= 0.3 is 0 Å². The third-order valence-electron chi connectivity index (χ3n) is 3.24. The Morgan fingerprint density at radius 2 is 2.19 bits per heavy atom. The van der Waals surface area contributed by atoms with Crippen LogP contribution in [0.2, 0.25) is 0 Å². The molecule has 21 heavy (non-hydrogen) atoms. The number of nitrogens with zero attached hydrogens (tertiary/aromatic N) is 2. The first kappa shape index (κ1) is 12.1. The maximum absolute atomic E-state index is 11.9. The minimum absolute atomic E-state index is 0.168. The minimum atomic E-state index is -0.168. The summed E-state index contributed by atoms with van der Waals surface area (Å²) in [4.78, 5) is 19.0. The molecule has 0 aliphatic rings. The van der Waals surface area contributed by atoms with E-state index in [0.717, 1.165) is 20.9 Å². The van der Waals surface area contributed by atoms with Gasteiger partial charge in [-0.2, -0.15) is 5.10 Å². The Kier molecular flexibility index (Phi) is 2.55. The van der Waals surface area contributed by atoms with E-state index in [1.165, 1.54) is 0 Å². The SMILES string of the molecule is Cc1nc2ccc(Nc3n[nH]c4cc[nH]c(=O)c34)cc2s1. The summed E-state index contributed by atoms with van der Waals surface area (Å²) in [6.07, 6.45) is 1.60. The van der Waals surface area contributed by atoms with Crippen molar-refractivity contribution < 1.29 is 0 Å². The van der Waals surface area contributed by atoms with Gasteiger partial charge in [0.1, 0.15) is 5.39 Å². The molecule has 0 atom stereocenters. The summed E-state index contributed by atoms with van der Waals surface area (Å²) >= 11 is 1.64. The molecule has 0 aliphatic carbocycles. The summed E-state index contributed by atoms with van der Waals surface area (Å²) in [7, 11) is 0. The van der Waals surface area contributed by atoms with E-state index in [2.05, 4.69) is 25.5 Å². The molecule has 104 valence electrons. The van der Waals surface area contributed by atoms with Crippen LogP contribution in [0, 0.1) is 6.92 Å². The topological polar surface area (TPSA) is 86.5 Å². The van der Waals surface area contributed by atoms with Crippen LogP contribution >= 0.6 is 11.3 Å². The van der Waals surface area contributed by atoms with Crippen LogP contribution in [-0.2, 0) is 0 Å². The lowest BCUT2D eigenvalue weighted by atomic mass is 10.2. The molecule has 3 aromatic heterocycles. The molecule has 0 saturated carbocycles. The average Bonchev–Trinajstić information content (AvgIpc) is 3.02. The molecule has 7 heteroatoms. The average molecular weight is 297 g/mol. The molecule has 0 fully saturated rings. The lowest BCUT2D eigenvalue weighted by Crippen LogP contribution is -2.05. The highest BCUT2D eigenvalue weighted by atomic mass is 32.1. The molecular weight excluding hydrogens is 286 g/mol. The Balaban J connectivity index is 1.80. The van der Waals surface area contributed by atoms with Gasteiger partial charge in [-0.15, -0.1) is 11.3 Å². The van der Waals surface area contributed by atoms with Crippen molar-refractivity contribution in [2.24, 2.45) is 0 Å². The van der Waals surface area contributed by atoms with Gasteiger partial charge in [-0.25, -0.2) is 4.98 Å². The first-order valence-electron chi connectivity index (χ1n) is 6.41. The highest BCUT2D eigenvalue weighted by Crippen LogP contribution is 2.27. The molecule has 6 nitrogen and oxygen atoms in total. The van der Waals surface area contributed by atoms with Crippen molar-refractivity contribution in [3.05, 3.63) is 45.8 Å². The van der Waals surface area contributed by atoms with Gasteiger partial charge in [0.25, 0.3) is 5.56 Å². The van der Waals surface area contributed by atoms with E-state index in [0.29, 0.717) is 16.7 Å². The predicted octanol–water partition coefficient (Wildman–Crippen LogP) is 2.91. The number of rotatable bonds is 2. The molecule has 0 amide bonds. The Bertz CT molecular complexity index is 1010. The van der Waals surface area contributed by atoms with E-state index in [-0.39, 0.29) is 5.56 Å². The molecule has 0 spiro atoms. The Hall–Kier alpha value is -2.67. The fourth-order valence-electron chi connectivity index (χ4n) is 2.32. The standard InChI is InChI=1S/C14H11N5OS/c1-7-16-9-3-2-8(6-11(9)21-7)17-13-12-10(18-19-13)4-5-15-14(12)20/h2-6H,1H3,(H,15,20)(H2,17,18,19). The van der Waals surface area contributed by atoms with Crippen LogP contribution in [0.3, 0.4) is 0 Å². The van der Waals surface area contributed by atoms with Gasteiger partial charge in [0.2, 0.25) is 0 Å². The van der Waals surface area contributed by atoms with E-state index < -0.39 is 0 Å². The first-order chi connectivity index (χ1) is 10.2. The lowest BCUT2D eigenvalue weighted by Gasteiger charge is -2.02. The van der Waals surface area contributed by atoms with Crippen LogP contribution in [0.25, 0.3) is 21.1 Å². The van der Waals surface area contributed by atoms with Gasteiger partial charge in [-0.05, 0) is 31.2 Å². The van der Waals surface area contributed by atoms with Crippen molar-refractivity contribution in [3.63, 3.8) is 0 Å². The molecular formula is C14H11N5OS. The Labute approximate surface area is 122 Å². The van der Waals surface area contributed by atoms with E-state index in [4.69, 9.17) is 0 Å². The van der Waals surface area contributed by atoms with Crippen molar-refractivity contribution >= 4 is 44.0 Å². The number of nitrogens with one attached hydrogen (secondary N) is 3. The second-order valence-corrected chi connectivity index (χ2v) is 5.94. The number of fused-ring (bicyclic) bond motifs is 2. The first-order valence-corrected chi connectivity index (χ1v) is 7.22. The van der Waals surface area contributed by atoms with Crippen molar-refractivity contribution in [3.8, 4) is 0 Å². The van der Waals surface area contributed by atoms with Crippen LogP contribution < -0.4 is 10.9 Å². The molecule has 3 heterocycles. The number of pyridine rings is 1. The van der Waals surface area contributed by atoms with Gasteiger partial charge < -0.3 is 10.3 Å². The smallest absolute Gasteiger partial charge is 0.261 e. The maximum Gasteiger partial charge on any atom is 0.261 e. The summed E-state index contributed by atoms with van der Waals surface area (Å²) in [5.74, 6) is 0.521. The van der Waals surface area contributed by atoms with Gasteiger partial charge in [-0.1, -0.05) is 0 Å². The van der Waals surface area contributed by atoms with Crippen LogP contribution in [0.1, 0.15) is 5.01 Å². The van der Waals surface area contributed by atoms with Crippen molar-refractivity contribution in [1.29, 1.82) is 0 Å². The quantitative estimate of drug-likeness (QED) is 0.531. The van der Waals surface area contributed by atoms with Crippen LogP contribution in [0.5, 0.6) is 0 Å². The molecule has 0 unspecified atom stereocenters. The maximum atomic E-state index is 11.9. The summed E-state index contributed by atoms with van der Waals surface area (Å²) in [5, 5.41) is 11.8. The van der Waals surface area contributed by atoms with E-state index in [1.54, 1.807) is 23.6 Å². The molecule has 0 aliphatic heterocycles. The molecule has 0 saturated heterocycles. The predicted molar refractivity (Wildman–Crippen MR) is 84.4 cm³/mol. The zero-order chi connectivity index (χ0) is 14.4. The third-order valence-corrected chi connectivity index (χ3v) is 4.18. The summed E-state index contributed by atoms with van der Waals surface area (Å²) in [6, 6.07) is 7.68. The summed E-state index contributed by atoms with van der Waals surface area (Å²) in [6.45, 7) is 1.98. The van der Waals surface area contributed by atoms with E-state index >= 15 is 0 Å². The molecule has 0 radical (unpaired) electrons. The fraction of sp³-hybridized carbons (Fsp3) is 0.0714. The molecule has 0 bridgehead atoms. The number of benzene rings is 1. The molecule has 4 rings (SSSR count). The fourth-order valence-corrected chi connectivity index (χ4v) is 3.19. The number of anilines is 2. The Morgan fingerprint density at radius 3 is 3.10 bits per heavy atom. The second kappa shape index (κ2) is 4.42. The highest BCUT2D eigenvalue weighted by Gasteiger charge is 2.10. The number of hydrogen-bond donors (Lipinski definition) is 3. The largest absolute Gasteiger partial charge is 0.338 e. The van der Waals surface area contributed by atoms with Gasteiger partial charge in [-0.3, -0.25) is 9.89 Å². The zero-order valence-electron chi connectivity index (χ0n) is 11.1. The van der Waals surface area contributed by atoms with Gasteiger partial charge in [0, 0.05) is 11.9 Å². The number of H-pyrrole nitrogens is 2. The van der Waals surface area contributed by atoms with Gasteiger partial charge in [0.05, 0.1) is 20.7 Å².